The summed E-state index contributed by atoms with van der Waals surface area (Å²) < 4.78 is 17.4. The van der Waals surface area contributed by atoms with Crippen molar-refractivity contribution in [2.24, 2.45) is 0 Å². The molecule has 0 saturated carbocycles. The topological polar surface area (TPSA) is 126 Å². The van der Waals surface area contributed by atoms with E-state index in [1.54, 1.807) is 42.8 Å². The summed E-state index contributed by atoms with van der Waals surface area (Å²) in [6.45, 7) is 8.17. The fraction of sp³-hybridized carbons (Fsp3) is 0.406. The van der Waals surface area contributed by atoms with Crippen LogP contribution in [0.4, 0.5) is 17.3 Å². The van der Waals surface area contributed by atoms with Gasteiger partial charge in [0.2, 0.25) is 5.95 Å². The molecule has 12 heteroatoms. The lowest BCUT2D eigenvalue weighted by atomic mass is 10.0. The predicted molar refractivity (Wildman–Crippen MR) is 166 cm³/mol. The molecular formula is C32H37N9O3. The van der Waals surface area contributed by atoms with Crippen molar-refractivity contribution in [2.45, 2.75) is 38.5 Å². The quantitative estimate of drug-likeness (QED) is 0.284. The molecule has 0 radical (unpaired) electrons. The van der Waals surface area contributed by atoms with E-state index in [1.165, 1.54) is 0 Å². The Bertz CT molecular complexity index is 1560. The first kappa shape index (κ1) is 29.3. The summed E-state index contributed by atoms with van der Waals surface area (Å²) in [5.41, 5.74) is 4.04. The minimum absolute atomic E-state index is 0.240. The molecule has 1 atom stereocenters. The molecule has 0 bridgehead atoms. The Morgan fingerprint density at radius 1 is 0.977 bits per heavy atom. The third-order valence-corrected chi connectivity index (χ3v) is 8.13. The number of methoxy groups -OCH3 is 1. The summed E-state index contributed by atoms with van der Waals surface area (Å²) in [6.07, 6.45) is 8.79. The molecule has 2 fully saturated rings. The lowest BCUT2D eigenvalue weighted by Gasteiger charge is -2.40. The maximum Gasteiger partial charge on any atom is 0.227 e. The standard InChI is InChI=1S/C32H37N9O3/c1-23(22-41-36-9-10-37-41)44-30-17-24(3-4-25(30)19-33)26-20-34-32(35-21-26)38-29-6-5-28(18-31(29)42-2)39-11-7-27(8-12-39)40-13-15-43-16-14-40/h3-6,9-10,17-18,20-21,23,27H,7-8,11-16,22H2,1-2H3,(H,34,35,38)/t23-/m0/s1. The third-order valence-electron chi connectivity index (χ3n) is 8.13. The van der Waals surface area contributed by atoms with Crippen LogP contribution in [-0.4, -0.2) is 88.5 Å². The number of anilines is 3. The van der Waals surface area contributed by atoms with Crippen LogP contribution in [0, 0.1) is 11.3 Å². The second kappa shape index (κ2) is 13.7. The molecule has 0 aliphatic carbocycles. The second-order valence-electron chi connectivity index (χ2n) is 11.0. The number of rotatable bonds is 10. The van der Waals surface area contributed by atoms with Crippen LogP contribution in [0.2, 0.25) is 0 Å². The minimum atomic E-state index is -0.240. The Kier molecular flexibility index (Phi) is 9.14. The monoisotopic (exact) mass is 595 g/mol. The van der Waals surface area contributed by atoms with E-state index in [0.717, 1.165) is 80.5 Å². The number of hydrogen-bond acceptors (Lipinski definition) is 11. The van der Waals surface area contributed by atoms with Gasteiger partial charge in [-0.3, -0.25) is 4.90 Å². The Labute approximate surface area is 257 Å². The lowest BCUT2D eigenvalue weighted by Crippen LogP contribution is -2.49. The number of aromatic nitrogens is 5. The molecule has 2 saturated heterocycles. The number of nitrogens with zero attached hydrogens (tertiary/aromatic N) is 8. The number of nitrogens with one attached hydrogen (secondary N) is 1. The van der Waals surface area contributed by atoms with Crippen LogP contribution < -0.4 is 19.7 Å². The van der Waals surface area contributed by atoms with E-state index >= 15 is 0 Å². The van der Waals surface area contributed by atoms with Gasteiger partial charge in [-0.05, 0) is 49.6 Å². The van der Waals surface area contributed by atoms with Crippen LogP contribution in [-0.2, 0) is 11.3 Å². The van der Waals surface area contributed by atoms with E-state index in [9.17, 15) is 5.26 Å². The third kappa shape index (κ3) is 6.90. The van der Waals surface area contributed by atoms with Crippen molar-refractivity contribution in [3.63, 3.8) is 0 Å². The van der Waals surface area contributed by atoms with Gasteiger partial charge in [0.15, 0.2) is 0 Å². The molecule has 1 N–H and O–H groups in total. The number of nitriles is 1. The minimum Gasteiger partial charge on any atom is -0.494 e. The van der Waals surface area contributed by atoms with Gasteiger partial charge in [-0.2, -0.15) is 20.3 Å². The fourth-order valence-electron chi connectivity index (χ4n) is 5.79. The SMILES string of the molecule is COc1cc(N2CCC(N3CCOCC3)CC2)ccc1Nc1ncc(-c2ccc(C#N)c(O[C@@H](C)Cn3nccn3)c2)cn1. The van der Waals surface area contributed by atoms with E-state index in [4.69, 9.17) is 14.2 Å². The summed E-state index contributed by atoms with van der Waals surface area (Å²) >= 11 is 0. The molecule has 4 heterocycles. The molecule has 2 aromatic heterocycles. The van der Waals surface area contributed by atoms with Crippen LogP contribution in [0.3, 0.4) is 0 Å². The van der Waals surface area contributed by atoms with Gasteiger partial charge in [-0.25, -0.2) is 9.97 Å². The zero-order valence-corrected chi connectivity index (χ0v) is 25.1. The van der Waals surface area contributed by atoms with Gasteiger partial charge < -0.3 is 24.4 Å². The van der Waals surface area contributed by atoms with Crippen LogP contribution >= 0.6 is 0 Å². The van der Waals surface area contributed by atoms with Crippen LogP contribution in [0.25, 0.3) is 11.1 Å². The number of ether oxygens (including phenoxy) is 3. The normalized spacial score (nSPS) is 16.7. The summed E-state index contributed by atoms with van der Waals surface area (Å²) in [4.78, 5) is 15.7. The highest BCUT2D eigenvalue weighted by atomic mass is 16.5. The highest BCUT2D eigenvalue weighted by molar-refractivity contribution is 5.70. The first-order chi connectivity index (χ1) is 21.6. The summed E-state index contributed by atoms with van der Waals surface area (Å²) in [7, 11) is 1.68. The van der Waals surface area contributed by atoms with Gasteiger partial charge in [0, 0.05) is 61.9 Å². The largest absolute Gasteiger partial charge is 0.494 e. The maximum atomic E-state index is 9.61. The van der Waals surface area contributed by atoms with E-state index in [0.29, 0.717) is 29.8 Å². The average Bonchev–Trinajstić information content (AvgIpc) is 3.58. The van der Waals surface area contributed by atoms with Crippen LogP contribution in [0.5, 0.6) is 11.5 Å². The predicted octanol–water partition coefficient (Wildman–Crippen LogP) is 4.13. The van der Waals surface area contributed by atoms with Gasteiger partial charge >= 0.3 is 0 Å². The van der Waals surface area contributed by atoms with E-state index in [2.05, 4.69) is 53.5 Å². The van der Waals surface area contributed by atoms with Crippen molar-refractivity contribution in [2.75, 3.05) is 56.7 Å². The zero-order valence-electron chi connectivity index (χ0n) is 25.1. The van der Waals surface area contributed by atoms with E-state index in [-0.39, 0.29) is 6.10 Å². The summed E-state index contributed by atoms with van der Waals surface area (Å²) in [5.74, 6) is 1.68. The van der Waals surface area contributed by atoms with Crippen molar-refractivity contribution < 1.29 is 14.2 Å². The van der Waals surface area contributed by atoms with Gasteiger partial charge in [-0.1, -0.05) is 6.07 Å². The number of morpholine rings is 1. The Balaban J connectivity index is 1.10. The zero-order chi connectivity index (χ0) is 30.3. The smallest absolute Gasteiger partial charge is 0.227 e. The van der Waals surface area contributed by atoms with E-state index < -0.39 is 0 Å². The Morgan fingerprint density at radius 3 is 2.43 bits per heavy atom. The van der Waals surface area contributed by atoms with Crippen molar-refractivity contribution in [3.05, 3.63) is 66.7 Å². The van der Waals surface area contributed by atoms with Crippen molar-refractivity contribution in [3.8, 4) is 28.7 Å². The first-order valence-electron chi connectivity index (χ1n) is 15.0. The molecule has 228 valence electrons. The van der Waals surface area contributed by atoms with Gasteiger partial charge in [0.25, 0.3) is 0 Å². The van der Waals surface area contributed by atoms with Crippen molar-refractivity contribution in [1.29, 1.82) is 5.26 Å². The second-order valence-corrected chi connectivity index (χ2v) is 11.0. The molecule has 2 aliphatic heterocycles. The van der Waals surface area contributed by atoms with Crippen LogP contribution in [0.15, 0.2) is 61.2 Å². The molecule has 2 aliphatic rings. The molecule has 12 nitrogen and oxygen atoms in total. The van der Waals surface area contributed by atoms with Gasteiger partial charge in [-0.15, -0.1) is 0 Å². The van der Waals surface area contributed by atoms with Gasteiger partial charge in [0.05, 0.1) is 50.5 Å². The lowest BCUT2D eigenvalue weighted by molar-refractivity contribution is 0.0115. The molecule has 0 amide bonds. The first-order valence-corrected chi connectivity index (χ1v) is 15.0. The molecular weight excluding hydrogens is 558 g/mol. The highest BCUT2D eigenvalue weighted by Crippen LogP contribution is 2.33. The molecule has 44 heavy (non-hydrogen) atoms. The average molecular weight is 596 g/mol. The number of hydrogen-bond donors (Lipinski definition) is 1. The Morgan fingerprint density at radius 2 is 1.73 bits per heavy atom. The van der Waals surface area contributed by atoms with Crippen molar-refractivity contribution in [1.82, 2.24) is 29.9 Å². The molecule has 6 rings (SSSR count). The molecule has 0 spiro atoms. The van der Waals surface area contributed by atoms with Crippen molar-refractivity contribution >= 4 is 17.3 Å². The van der Waals surface area contributed by atoms with Gasteiger partial charge in [0.1, 0.15) is 23.7 Å². The fourth-order valence-corrected chi connectivity index (χ4v) is 5.79. The summed E-state index contributed by atoms with van der Waals surface area (Å²) in [6, 6.07) is 14.5. The molecule has 4 aromatic rings. The maximum absolute atomic E-state index is 9.61. The van der Waals surface area contributed by atoms with Crippen LogP contribution in [0.1, 0.15) is 25.3 Å². The molecule has 0 unspecified atom stereocenters. The summed E-state index contributed by atoms with van der Waals surface area (Å²) in [5, 5.41) is 21.1. The van der Waals surface area contributed by atoms with E-state index in [1.807, 2.05) is 25.1 Å². The highest BCUT2D eigenvalue weighted by Gasteiger charge is 2.26. The number of piperidine rings is 1. The molecule has 2 aromatic carbocycles. The Hall–Kier alpha value is -4.73. The number of benzene rings is 2.